The molecule has 0 amide bonds. The van der Waals surface area contributed by atoms with E-state index in [0.717, 1.165) is 11.4 Å². The first kappa shape index (κ1) is 29.1. The summed E-state index contributed by atoms with van der Waals surface area (Å²) in [6, 6.07) is 24.3. The zero-order chi connectivity index (χ0) is 31.2. The molecule has 0 fully saturated rings. The Labute approximate surface area is 258 Å². The molecule has 6 rings (SSSR count). The number of pyridine rings is 2. The highest BCUT2D eigenvalue weighted by atomic mass is 16.4. The van der Waals surface area contributed by atoms with Crippen LogP contribution in [-0.4, -0.2) is 51.7 Å². The zero-order valence-corrected chi connectivity index (χ0v) is 24.1. The van der Waals surface area contributed by atoms with Gasteiger partial charge in [0.25, 0.3) is 0 Å². The molecular weight excluding hydrogens is 568 g/mol. The smallest absolute Gasteiger partial charge is 0.336 e. The van der Waals surface area contributed by atoms with Gasteiger partial charge in [-0.3, -0.25) is 24.7 Å². The molecule has 0 unspecified atom stereocenters. The van der Waals surface area contributed by atoms with Gasteiger partial charge >= 0.3 is 5.97 Å². The van der Waals surface area contributed by atoms with Crippen LogP contribution in [0, 0.1) is 0 Å². The Kier molecular flexibility index (Phi) is 8.50. The molecule has 2 aromatic heterocycles. The van der Waals surface area contributed by atoms with E-state index in [-0.39, 0.29) is 33.6 Å². The second kappa shape index (κ2) is 13.1. The van der Waals surface area contributed by atoms with E-state index in [2.05, 4.69) is 20.0 Å². The lowest BCUT2D eigenvalue weighted by Gasteiger charge is -2.19. The maximum atomic E-state index is 13.2. The van der Waals surface area contributed by atoms with Crippen molar-refractivity contribution >= 4 is 29.4 Å². The Bertz CT molecular complexity index is 2070. The van der Waals surface area contributed by atoms with Gasteiger partial charge in [0.2, 0.25) is 0 Å². The van der Waals surface area contributed by atoms with E-state index in [9.17, 15) is 19.8 Å². The van der Waals surface area contributed by atoms with Crippen molar-refractivity contribution in [3.63, 3.8) is 0 Å². The molecule has 4 aromatic rings. The minimum Gasteiger partial charge on any atom is -0.507 e. The van der Waals surface area contributed by atoms with Crippen molar-refractivity contribution in [3.8, 4) is 28.2 Å². The van der Waals surface area contributed by atoms with Crippen molar-refractivity contribution < 1.29 is 19.4 Å². The normalized spacial score (nSPS) is 11.6. The van der Waals surface area contributed by atoms with Crippen LogP contribution < -0.4 is 5.43 Å². The highest BCUT2D eigenvalue weighted by Crippen LogP contribution is 2.44. The molecular formula is C36H28N4O5. The van der Waals surface area contributed by atoms with Crippen LogP contribution in [0.5, 0.6) is 5.75 Å². The first-order chi connectivity index (χ1) is 22.0. The molecule has 1 aliphatic heterocycles. The number of carbonyl (C=O) groups is 1. The van der Waals surface area contributed by atoms with E-state index in [0.29, 0.717) is 53.6 Å². The molecule has 0 radical (unpaired) electrons. The highest BCUT2D eigenvalue weighted by Gasteiger charge is 2.25. The Hall–Kier alpha value is -5.96. The summed E-state index contributed by atoms with van der Waals surface area (Å²) in [7, 11) is 0. The molecule has 9 nitrogen and oxygen atoms in total. The average molecular weight is 597 g/mol. The number of aliphatic imine (C=N–C) groups is 2. The lowest BCUT2D eigenvalue weighted by Crippen LogP contribution is -2.11. The van der Waals surface area contributed by atoms with E-state index in [4.69, 9.17) is 4.42 Å². The number of aromatic nitrogens is 2. The van der Waals surface area contributed by atoms with E-state index >= 15 is 0 Å². The quantitative estimate of drug-likeness (QED) is 0.144. The Morgan fingerprint density at radius 2 is 1.40 bits per heavy atom. The standard InChI is InChI=1S/C36H28N4O5/c41-31-13-11-27-33(25-9-1-2-10-26(25)36(43)44)28-12-14-32(42)30(22-38-20-16-24-8-4-6-18-40-24)35(28)45-34(27)29(31)21-37-19-15-23-7-3-5-17-39-23/h1-14,17-18,21-22,41H,15-16,19-20H2,(H,43,44)/b37-21+,38-22+. The number of aromatic hydroxyl groups is 1. The maximum Gasteiger partial charge on any atom is 0.336 e. The largest absolute Gasteiger partial charge is 0.507 e. The monoisotopic (exact) mass is 596 g/mol. The number of phenolic OH excluding ortho intramolecular Hbond substituents is 1. The van der Waals surface area contributed by atoms with Crippen LogP contribution in [-0.2, 0) is 12.8 Å². The van der Waals surface area contributed by atoms with Crippen molar-refractivity contribution in [1.29, 1.82) is 0 Å². The van der Waals surface area contributed by atoms with Gasteiger partial charge in [-0.15, -0.1) is 0 Å². The Morgan fingerprint density at radius 1 is 0.756 bits per heavy atom. The number of benzene rings is 3. The molecule has 0 spiro atoms. The van der Waals surface area contributed by atoms with E-state index in [1.165, 1.54) is 30.6 Å². The third kappa shape index (κ3) is 6.23. The zero-order valence-electron chi connectivity index (χ0n) is 24.1. The van der Waals surface area contributed by atoms with Crippen LogP contribution >= 0.6 is 0 Å². The Balaban J connectivity index is 1.51. The molecule has 2 N–H and O–H groups in total. The number of hydrogen-bond donors (Lipinski definition) is 2. The summed E-state index contributed by atoms with van der Waals surface area (Å²) in [5, 5.41) is 21.6. The van der Waals surface area contributed by atoms with Gasteiger partial charge in [0.05, 0.1) is 16.7 Å². The molecule has 1 aliphatic carbocycles. The number of nitrogens with zero attached hydrogens (tertiary/aromatic N) is 4. The van der Waals surface area contributed by atoms with Crippen LogP contribution in [0.25, 0.3) is 33.4 Å². The molecule has 9 heteroatoms. The van der Waals surface area contributed by atoms with Crippen molar-refractivity contribution in [1.82, 2.24) is 9.97 Å². The van der Waals surface area contributed by atoms with Gasteiger partial charge < -0.3 is 14.6 Å². The molecule has 45 heavy (non-hydrogen) atoms. The molecule has 0 saturated carbocycles. The van der Waals surface area contributed by atoms with Crippen molar-refractivity contribution in [3.05, 3.63) is 136 Å². The van der Waals surface area contributed by atoms with Crippen LogP contribution in [0.1, 0.15) is 32.9 Å². The summed E-state index contributed by atoms with van der Waals surface area (Å²) in [5.41, 5.74) is 3.84. The van der Waals surface area contributed by atoms with Gasteiger partial charge in [-0.25, -0.2) is 4.79 Å². The summed E-state index contributed by atoms with van der Waals surface area (Å²) in [4.78, 5) is 43.2. The van der Waals surface area contributed by atoms with E-state index < -0.39 is 5.97 Å². The van der Waals surface area contributed by atoms with Gasteiger partial charge in [0, 0.05) is 78.7 Å². The average Bonchev–Trinajstić information content (AvgIpc) is 3.06. The van der Waals surface area contributed by atoms with Crippen LogP contribution in [0.4, 0.5) is 0 Å². The van der Waals surface area contributed by atoms with Crippen molar-refractivity contribution in [2.45, 2.75) is 12.8 Å². The van der Waals surface area contributed by atoms with E-state index in [1.54, 1.807) is 42.7 Å². The molecule has 222 valence electrons. The second-order valence-electron chi connectivity index (χ2n) is 10.3. The minimum atomic E-state index is -1.10. The lowest BCUT2D eigenvalue weighted by atomic mass is 9.89. The summed E-state index contributed by atoms with van der Waals surface area (Å²) < 4.78 is 6.45. The van der Waals surface area contributed by atoms with Gasteiger partial charge in [0.1, 0.15) is 17.1 Å². The number of fused-ring (bicyclic) bond motifs is 2. The summed E-state index contributed by atoms with van der Waals surface area (Å²) in [6.45, 7) is 0.804. The van der Waals surface area contributed by atoms with Crippen LogP contribution in [0.3, 0.4) is 0 Å². The maximum absolute atomic E-state index is 13.2. The molecule has 0 atom stereocenters. The number of phenols is 1. The predicted octanol–water partition coefficient (Wildman–Crippen LogP) is 6.08. The number of hydrogen-bond acceptors (Lipinski definition) is 8. The SMILES string of the molecule is O=C(O)c1ccccc1-c1c2ccc(=O)c(/C=N/CCc3ccccn3)c-2oc2c(/C=N/CCc3ccccn3)c(O)ccc12. The summed E-state index contributed by atoms with van der Waals surface area (Å²) in [5.74, 6) is -0.950. The first-order valence-electron chi connectivity index (χ1n) is 14.4. The predicted molar refractivity (Wildman–Crippen MR) is 174 cm³/mol. The number of carboxylic acids is 1. The topological polar surface area (TPSA) is 138 Å². The van der Waals surface area contributed by atoms with Gasteiger partial charge in [-0.05, 0) is 60.2 Å². The fourth-order valence-corrected chi connectivity index (χ4v) is 5.22. The third-order valence-electron chi connectivity index (χ3n) is 7.39. The number of aromatic carboxylic acids is 1. The lowest BCUT2D eigenvalue weighted by molar-refractivity contribution is 0.0697. The van der Waals surface area contributed by atoms with Crippen molar-refractivity contribution in [2.24, 2.45) is 9.98 Å². The van der Waals surface area contributed by atoms with Crippen molar-refractivity contribution in [2.75, 3.05) is 13.1 Å². The number of rotatable bonds is 10. The second-order valence-corrected chi connectivity index (χ2v) is 10.3. The molecule has 2 aliphatic rings. The van der Waals surface area contributed by atoms with E-state index in [1.807, 2.05) is 36.4 Å². The van der Waals surface area contributed by atoms with Crippen LogP contribution in [0.2, 0.25) is 0 Å². The minimum absolute atomic E-state index is 0.0755. The van der Waals surface area contributed by atoms with Gasteiger partial charge in [-0.1, -0.05) is 30.3 Å². The molecule has 2 aromatic carbocycles. The fraction of sp³-hybridized carbons (Fsp3) is 0.111. The van der Waals surface area contributed by atoms with Crippen LogP contribution in [0.15, 0.2) is 117 Å². The molecule has 0 bridgehead atoms. The first-order valence-corrected chi connectivity index (χ1v) is 14.4. The molecule has 0 saturated heterocycles. The van der Waals surface area contributed by atoms with Gasteiger partial charge in [0.15, 0.2) is 5.43 Å². The summed E-state index contributed by atoms with van der Waals surface area (Å²) >= 11 is 0. The fourth-order valence-electron chi connectivity index (χ4n) is 5.22. The Morgan fingerprint density at radius 3 is 2.04 bits per heavy atom. The summed E-state index contributed by atoms with van der Waals surface area (Å²) in [6.07, 6.45) is 7.64. The number of carboxylic acid groups (broad SMARTS) is 1. The third-order valence-corrected chi connectivity index (χ3v) is 7.39. The highest BCUT2D eigenvalue weighted by molar-refractivity contribution is 6.12. The van der Waals surface area contributed by atoms with Gasteiger partial charge in [-0.2, -0.15) is 0 Å². The molecule has 3 heterocycles.